The summed E-state index contributed by atoms with van der Waals surface area (Å²) in [6, 6.07) is 0.498. The average molecular weight is 251 g/mol. The van der Waals surface area contributed by atoms with Crippen LogP contribution >= 0.6 is 0 Å². The number of carbonyl (C=O) groups excluding carboxylic acids is 1. The van der Waals surface area contributed by atoms with Crippen molar-refractivity contribution in [3.8, 4) is 0 Å². The van der Waals surface area contributed by atoms with E-state index in [1.807, 2.05) is 6.20 Å². The predicted molar refractivity (Wildman–Crippen MR) is 70.4 cm³/mol. The molecule has 6 heteroatoms. The van der Waals surface area contributed by atoms with E-state index in [2.05, 4.69) is 21.0 Å². The van der Waals surface area contributed by atoms with Gasteiger partial charge in [0.05, 0.1) is 11.9 Å². The van der Waals surface area contributed by atoms with Gasteiger partial charge >= 0.3 is 0 Å². The van der Waals surface area contributed by atoms with Crippen LogP contribution in [0.5, 0.6) is 0 Å². The number of aromatic nitrogens is 2. The van der Waals surface area contributed by atoms with Crippen LogP contribution in [-0.2, 0) is 11.3 Å². The van der Waals surface area contributed by atoms with Crippen LogP contribution in [0.3, 0.4) is 0 Å². The molecule has 18 heavy (non-hydrogen) atoms. The lowest BCUT2D eigenvalue weighted by Crippen LogP contribution is -2.23. The molecule has 2 rings (SSSR count). The molecular formula is C12H21N5O. The van der Waals surface area contributed by atoms with Gasteiger partial charge in [-0.2, -0.15) is 5.10 Å². The van der Waals surface area contributed by atoms with Gasteiger partial charge in [0.25, 0.3) is 0 Å². The molecule has 1 aliphatic rings. The molecule has 1 fully saturated rings. The average Bonchev–Trinajstić information content (AvgIpc) is 2.63. The minimum absolute atomic E-state index is 0.0386. The number of hydrogen-bond donors (Lipinski definition) is 3. The van der Waals surface area contributed by atoms with Crippen LogP contribution in [0.2, 0.25) is 0 Å². The summed E-state index contributed by atoms with van der Waals surface area (Å²) in [5.41, 5.74) is 0.991. The molecule has 0 radical (unpaired) electrons. The molecule has 6 nitrogen and oxygen atoms in total. The van der Waals surface area contributed by atoms with E-state index in [-0.39, 0.29) is 12.5 Å². The smallest absolute Gasteiger partial charge is 0.241 e. The van der Waals surface area contributed by atoms with Crippen molar-refractivity contribution in [2.75, 3.05) is 25.5 Å². The van der Waals surface area contributed by atoms with Gasteiger partial charge in [0.15, 0.2) is 0 Å². The third-order valence-corrected chi connectivity index (χ3v) is 3.16. The van der Waals surface area contributed by atoms with Crippen molar-refractivity contribution in [2.45, 2.75) is 31.8 Å². The zero-order chi connectivity index (χ0) is 12.8. The van der Waals surface area contributed by atoms with Crippen LogP contribution in [-0.4, -0.2) is 41.9 Å². The molecule has 0 aliphatic carbocycles. The second-order valence-corrected chi connectivity index (χ2v) is 4.62. The molecule has 3 N–H and O–H groups in total. The molecule has 1 amide bonds. The lowest BCUT2D eigenvalue weighted by Gasteiger charge is -2.15. The first-order valence-electron chi connectivity index (χ1n) is 6.48. The SMILES string of the molecule is CNC(=O)Cn1cc(NC2CCCNCC2)cn1. The van der Waals surface area contributed by atoms with Crippen molar-refractivity contribution < 1.29 is 4.79 Å². The number of hydrogen-bond acceptors (Lipinski definition) is 4. The Kier molecular flexibility index (Phi) is 4.58. The summed E-state index contributed by atoms with van der Waals surface area (Å²) in [4.78, 5) is 11.2. The molecule has 2 heterocycles. The monoisotopic (exact) mass is 251 g/mol. The van der Waals surface area contributed by atoms with E-state index >= 15 is 0 Å². The molecule has 1 aliphatic heterocycles. The van der Waals surface area contributed by atoms with E-state index in [0.29, 0.717) is 6.04 Å². The Balaban J connectivity index is 1.87. The molecule has 1 unspecified atom stereocenters. The minimum atomic E-state index is -0.0386. The van der Waals surface area contributed by atoms with Gasteiger partial charge in [-0.15, -0.1) is 0 Å². The zero-order valence-corrected chi connectivity index (χ0v) is 10.8. The van der Waals surface area contributed by atoms with Gasteiger partial charge in [-0.05, 0) is 32.4 Å². The number of nitrogens with one attached hydrogen (secondary N) is 3. The molecule has 0 spiro atoms. The van der Waals surface area contributed by atoms with E-state index in [1.165, 1.54) is 12.8 Å². The Hall–Kier alpha value is -1.56. The Morgan fingerprint density at radius 1 is 1.56 bits per heavy atom. The lowest BCUT2D eigenvalue weighted by molar-refractivity contribution is -0.121. The second-order valence-electron chi connectivity index (χ2n) is 4.62. The third kappa shape index (κ3) is 3.73. The first-order chi connectivity index (χ1) is 8.78. The number of rotatable bonds is 4. The van der Waals surface area contributed by atoms with Gasteiger partial charge in [-0.3, -0.25) is 9.48 Å². The van der Waals surface area contributed by atoms with Gasteiger partial charge in [-0.1, -0.05) is 0 Å². The first kappa shape index (κ1) is 12.9. The molecule has 100 valence electrons. The highest BCUT2D eigenvalue weighted by atomic mass is 16.1. The van der Waals surface area contributed by atoms with E-state index in [9.17, 15) is 4.79 Å². The van der Waals surface area contributed by atoms with Crippen LogP contribution in [0.15, 0.2) is 12.4 Å². The Labute approximate surface area is 107 Å². The highest BCUT2D eigenvalue weighted by Gasteiger charge is 2.12. The van der Waals surface area contributed by atoms with E-state index < -0.39 is 0 Å². The number of nitrogens with zero attached hydrogens (tertiary/aromatic N) is 2. The van der Waals surface area contributed by atoms with Crippen molar-refractivity contribution in [1.29, 1.82) is 0 Å². The number of likely N-dealkylation sites (N-methyl/N-ethyl adjacent to an activating group) is 1. The first-order valence-corrected chi connectivity index (χ1v) is 6.48. The standard InChI is InChI=1S/C12H21N5O/c1-13-12(18)9-17-8-11(7-15-17)16-10-3-2-5-14-6-4-10/h7-8,10,14,16H,2-6,9H2,1H3,(H,13,18). The second kappa shape index (κ2) is 6.39. The van der Waals surface area contributed by atoms with Crippen molar-refractivity contribution in [1.82, 2.24) is 20.4 Å². The van der Waals surface area contributed by atoms with Gasteiger partial charge in [-0.25, -0.2) is 0 Å². The van der Waals surface area contributed by atoms with Crippen molar-refractivity contribution in [2.24, 2.45) is 0 Å². The van der Waals surface area contributed by atoms with E-state index in [1.54, 1.807) is 17.9 Å². The number of anilines is 1. The predicted octanol–water partition coefficient (Wildman–Crippen LogP) is 0.183. The van der Waals surface area contributed by atoms with Crippen molar-refractivity contribution in [3.63, 3.8) is 0 Å². The highest BCUT2D eigenvalue weighted by Crippen LogP contribution is 2.13. The fourth-order valence-electron chi connectivity index (χ4n) is 2.15. The number of carbonyl (C=O) groups is 1. The number of amides is 1. The Morgan fingerprint density at radius 2 is 2.44 bits per heavy atom. The molecule has 1 atom stereocenters. The van der Waals surface area contributed by atoms with Crippen LogP contribution < -0.4 is 16.0 Å². The van der Waals surface area contributed by atoms with Crippen LogP contribution in [0.4, 0.5) is 5.69 Å². The summed E-state index contributed by atoms with van der Waals surface area (Å²) in [6.07, 6.45) is 7.16. The van der Waals surface area contributed by atoms with Crippen LogP contribution in [0, 0.1) is 0 Å². The maximum Gasteiger partial charge on any atom is 0.241 e. The summed E-state index contributed by atoms with van der Waals surface area (Å²) in [7, 11) is 1.63. The molecule has 0 bridgehead atoms. The van der Waals surface area contributed by atoms with Gasteiger partial charge in [0.2, 0.25) is 5.91 Å². The topological polar surface area (TPSA) is 71.0 Å². The van der Waals surface area contributed by atoms with Crippen LogP contribution in [0.25, 0.3) is 0 Å². The normalized spacial score (nSPS) is 20.2. The zero-order valence-electron chi connectivity index (χ0n) is 10.8. The summed E-state index contributed by atoms with van der Waals surface area (Å²) < 4.78 is 1.65. The molecule has 1 saturated heterocycles. The van der Waals surface area contributed by atoms with Crippen molar-refractivity contribution in [3.05, 3.63) is 12.4 Å². The fraction of sp³-hybridized carbons (Fsp3) is 0.667. The lowest BCUT2D eigenvalue weighted by atomic mass is 10.1. The van der Waals surface area contributed by atoms with E-state index in [4.69, 9.17) is 0 Å². The highest BCUT2D eigenvalue weighted by molar-refractivity contribution is 5.75. The third-order valence-electron chi connectivity index (χ3n) is 3.16. The quantitative estimate of drug-likeness (QED) is 0.714. The van der Waals surface area contributed by atoms with Crippen molar-refractivity contribution >= 4 is 11.6 Å². The van der Waals surface area contributed by atoms with E-state index in [0.717, 1.165) is 25.2 Å². The molecule has 0 saturated carbocycles. The molecular weight excluding hydrogens is 230 g/mol. The summed E-state index contributed by atoms with van der Waals surface area (Å²) >= 11 is 0. The fourth-order valence-corrected chi connectivity index (χ4v) is 2.15. The summed E-state index contributed by atoms with van der Waals surface area (Å²) in [5, 5.41) is 13.6. The summed E-state index contributed by atoms with van der Waals surface area (Å²) in [5.74, 6) is -0.0386. The van der Waals surface area contributed by atoms with Gasteiger partial charge in [0, 0.05) is 19.3 Å². The van der Waals surface area contributed by atoms with Gasteiger partial charge in [0.1, 0.15) is 6.54 Å². The Bertz CT molecular complexity index is 382. The summed E-state index contributed by atoms with van der Waals surface area (Å²) in [6.45, 7) is 2.43. The Morgan fingerprint density at radius 3 is 3.28 bits per heavy atom. The molecule has 1 aromatic heterocycles. The maximum atomic E-state index is 11.2. The minimum Gasteiger partial charge on any atom is -0.380 e. The molecule has 1 aromatic rings. The maximum absolute atomic E-state index is 11.2. The largest absolute Gasteiger partial charge is 0.380 e. The molecule has 0 aromatic carbocycles. The van der Waals surface area contributed by atoms with Crippen LogP contribution in [0.1, 0.15) is 19.3 Å². The van der Waals surface area contributed by atoms with Gasteiger partial charge < -0.3 is 16.0 Å².